The van der Waals surface area contributed by atoms with Gasteiger partial charge in [-0.1, -0.05) is 41.9 Å². The van der Waals surface area contributed by atoms with Gasteiger partial charge in [-0.25, -0.2) is 4.39 Å². The fraction of sp³-hybridized carbons (Fsp3) is 0.200. The van der Waals surface area contributed by atoms with Crippen molar-refractivity contribution >= 4 is 23.2 Å². The summed E-state index contributed by atoms with van der Waals surface area (Å²) in [5.74, 6) is -0.918. The maximum absolute atomic E-state index is 13.2. The van der Waals surface area contributed by atoms with Crippen LogP contribution in [-0.4, -0.2) is 16.8 Å². The lowest BCUT2D eigenvalue weighted by atomic mass is 10.1. The van der Waals surface area contributed by atoms with E-state index in [4.69, 9.17) is 11.6 Å². The van der Waals surface area contributed by atoms with Crippen LogP contribution in [-0.2, 0) is 11.3 Å². The standard InChI is InChI=1S/C20H19ClFN3O/c1-14(2)25(13-15-6-4-3-5-7-15)20(26)16(11-23)12-24-17-8-9-19(22)18(21)10-17/h3-10,12,14,24H,13H2,1-2H3/b16-12-. The van der Waals surface area contributed by atoms with Gasteiger partial charge < -0.3 is 10.2 Å². The van der Waals surface area contributed by atoms with Gasteiger partial charge in [-0.05, 0) is 37.6 Å². The molecule has 0 atom stereocenters. The van der Waals surface area contributed by atoms with Crippen molar-refractivity contribution in [1.82, 2.24) is 4.90 Å². The van der Waals surface area contributed by atoms with Crippen LogP contribution in [0, 0.1) is 17.1 Å². The first-order valence-corrected chi connectivity index (χ1v) is 8.47. The smallest absolute Gasteiger partial charge is 0.266 e. The molecule has 6 heteroatoms. The first-order valence-electron chi connectivity index (χ1n) is 8.09. The van der Waals surface area contributed by atoms with Gasteiger partial charge in [0.2, 0.25) is 0 Å². The van der Waals surface area contributed by atoms with E-state index in [2.05, 4.69) is 5.32 Å². The minimum absolute atomic E-state index is 0.0406. The van der Waals surface area contributed by atoms with Crippen molar-refractivity contribution in [3.8, 4) is 6.07 Å². The molecule has 0 bridgehead atoms. The van der Waals surface area contributed by atoms with Crippen LogP contribution in [0.25, 0.3) is 0 Å². The molecular weight excluding hydrogens is 353 g/mol. The first kappa shape index (κ1) is 19.5. The Hall–Kier alpha value is -2.84. The molecule has 0 heterocycles. The summed E-state index contributed by atoms with van der Waals surface area (Å²) < 4.78 is 13.2. The number of nitrogens with zero attached hydrogens (tertiary/aromatic N) is 2. The summed E-state index contributed by atoms with van der Waals surface area (Å²) in [6, 6.07) is 15.5. The number of nitrogens with one attached hydrogen (secondary N) is 1. The Kier molecular flexibility index (Phi) is 6.76. The molecule has 1 N–H and O–H groups in total. The average Bonchev–Trinajstić information content (AvgIpc) is 2.63. The van der Waals surface area contributed by atoms with Crippen LogP contribution in [0.4, 0.5) is 10.1 Å². The molecule has 0 aliphatic carbocycles. The van der Waals surface area contributed by atoms with Crippen LogP contribution in [0.5, 0.6) is 0 Å². The molecule has 0 saturated carbocycles. The van der Waals surface area contributed by atoms with Crippen molar-refractivity contribution in [1.29, 1.82) is 5.26 Å². The predicted molar refractivity (Wildman–Crippen MR) is 101 cm³/mol. The van der Waals surface area contributed by atoms with E-state index in [-0.39, 0.29) is 22.5 Å². The quantitative estimate of drug-likeness (QED) is 0.589. The largest absolute Gasteiger partial charge is 0.360 e. The van der Waals surface area contributed by atoms with E-state index in [1.807, 2.05) is 50.2 Å². The zero-order valence-corrected chi connectivity index (χ0v) is 15.3. The molecule has 2 aromatic rings. The van der Waals surface area contributed by atoms with Crippen LogP contribution in [0.1, 0.15) is 19.4 Å². The van der Waals surface area contributed by atoms with E-state index < -0.39 is 5.82 Å². The van der Waals surface area contributed by atoms with Gasteiger partial charge in [0.25, 0.3) is 5.91 Å². The van der Waals surface area contributed by atoms with Gasteiger partial charge >= 0.3 is 0 Å². The van der Waals surface area contributed by atoms with Crippen LogP contribution in [0.2, 0.25) is 5.02 Å². The number of benzene rings is 2. The fourth-order valence-electron chi connectivity index (χ4n) is 2.31. The Morgan fingerprint density at radius 2 is 2.00 bits per heavy atom. The number of hydrogen-bond acceptors (Lipinski definition) is 3. The SMILES string of the molecule is CC(C)N(Cc1ccccc1)C(=O)/C(C#N)=C\Nc1ccc(F)c(Cl)c1. The van der Waals surface area contributed by atoms with Crippen LogP contribution in [0.3, 0.4) is 0 Å². The molecule has 0 aliphatic heterocycles. The highest BCUT2D eigenvalue weighted by atomic mass is 35.5. The van der Waals surface area contributed by atoms with Gasteiger partial charge in [0, 0.05) is 24.5 Å². The van der Waals surface area contributed by atoms with Gasteiger partial charge in [-0.3, -0.25) is 4.79 Å². The summed E-state index contributed by atoms with van der Waals surface area (Å²) in [4.78, 5) is 14.4. The van der Waals surface area contributed by atoms with E-state index in [0.717, 1.165) is 5.56 Å². The molecule has 2 rings (SSSR count). The van der Waals surface area contributed by atoms with Crippen molar-refractivity contribution in [2.24, 2.45) is 0 Å². The number of nitriles is 1. The molecule has 26 heavy (non-hydrogen) atoms. The summed E-state index contributed by atoms with van der Waals surface area (Å²) in [6.45, 7) is 4.19. The Morgan fingerprint density at radius 3 is 2.58 bits per heavy atom. The molecule has 0 fully saturated rings. The minimum atomic E-state index is -0.536. The Morgan fingerprint density at radius 1 is 1.31 bits per heavy atom. The molecule has 0 saturated heterocycles. The van der Waals surface area contributed by atoms with Gasteiger partial charge in [-0.2, -0.15) is 5.26 Å². The highest BCUT2D eigenvalue weighted by Gasteiger charge is 2.21. The highest BCUT2D eigenvalue weighted by Crippen LogP contribution is 2.20. The lowest BCUT2D eigenvalue weighted by molar-refractivity contribution is -0.129. The summed E-state index contributed by atoms with van der Waals surface area (Å²) >= 11 is 5.73. The molecule has 134 valence electrons. The number of rotatable bonds is 6. The second-order valence-corrected chi connectivity index (χ2v) is 6.36. The molecule has 0 aliphatic rings. The van der Waals surface area contributed by atoms with E-state index in [0.29, 0.717) is 12.2 Å². The van der Waals surface area contributed by atoms with E-state index >= 15 is 0 Å². The second kappa shape index (κ2) is 9.02. The molecular formula is C20H19ClFN3O. The van der Waals surface area contributed by atoms with Gasteiger partial charge in [0.1, 0.15) is 17.5 Å². The highest BCUT2D eigenvalue weighted by molar-refractivity contribution is 6.31. The predicted octanol–water partition coefficient (Wildman–Crippen LogP) is 4.74. The van der Waals surface area contributed by atoms with Gasteiger partial charge in [-0.15, -0.1) is 0 Å². The molecule has 0 radical (unpaired) electrons. The molecule has 0 spiro atoms. The van der Waals surface area contributed by atoms with Crippen molar-refractivity contribution in [3.05, 3.63) is 76.7 Å². The number of halogens is 2. The number of hydrogen-bond donors (Lipinski definition) is 1. The summed E-state index contributed by atoms with van der Waals surface area (Å²) in [7, 11) is 0. The normalized spacial score (nSPS) is 11.2. The molecule has 4 nitrogen and oxygen atoms in total. The summed E-state index contributed by atoms with van der Waals surface area (Å²) in [5, 5.41) is 12.2. The van der Waals surface area contributed by atoms with E-state index in [1.54, 1.807) is 4.90 Å². The second-order valence-electron chi connectivity index (χ2n) is 5.96. The van der Waals surface area contributed by atoms with E-state index in [1.165, 1.54) is 24.4 Å². The van der Waals surface area contributed by atoms with Crippen LogP contribution >= 0.6 is 11.6 Å². The Bertz CT molecular complexity index is 844. The van der Waals surface area contributed by atoms with Crippen molar-refractivity contribution < 1.29 is 9.18 Å². The van der Waals surface area contributed by atoms with Crippen molar-refractivity contribution in [2.75, 3.05) is 5.32 Å². The lowest BCUT2D eigenvalue weighted by Gasteiger charge is -2.26. The lowest BCUT2D eigenvalue weighted by Crippen LogP contribution is -2.37. The van der Waals surface area contributed by atoms with Gasteiger partial charge in [0.05, 0.1) is 5.02 Å². The summed E-state index contributed by atoms with van der Waals surface area (Å²) in [6.07, 6.45) is 1.31. The van der Waals surface area contributed by atoms with Crippen molar-refractivity contribution in [2.45, 2.75) is 26.4 Å². The number of amides is 1. The average molecular weight is 372 g/mol. The van der Waals surface area contributed by atoms with Crippen LogP contribution in [0.15, 0.2) is 60.3 Å². The monoisotopic (exact) mass is 371 g/mol. The maximum Gasteiger partial charge on any atom is 0.266 e. The topological polar surface area (TPSA) is 56.1 Å². The van der Waals surface area contributed by atoms with Crippen LogP contribution < -0.4 is 5.32 Å². The third-order valence-electron chi connectivity index (χ3n) is 3.73. The Balaban J connectivity index is 2.18. The number of carbonyl (C=O) groups is 1. The molecule has 0 unspecified atom stereocenters. The van der Waals surface area contributed by atoms with Gasteiger partial charge in [0.15, 0.2) is 0 Å². The molecule has 2 aromatic carbocycles. The minimum Gasteiger partial charge on any atom is -0.360 e. The van der Waals surface area contributed by atoms with E-state index in [9.17, 15) is 14.4 Å². The summed E-state index contributed by atoms with van der Waals surface area (Å²) in [5.41, 5.74) is 1.41. The third-order valence-corrected chi connectivity index (χ3v) is 4.02. The first-order chi connectivity index (χ1) is 12.4. The molecule has 0 aromatic heterocycles. The van der Waals surface area contributed by atoms with Crippen molar-refractivity contribution in [3.63, 3.8) is 0 Å². The number of carbonyl (C=O) groups excluding carboxylic acids is 1. The zero-order valence-electron chi connectivity index (χ0n) is 14.5. The third kappa shape index (κ3) is 5.08. The zero-order chi connectivity index (χ0) is 19.1. The molecule has 1 amide bonds. The number of anilines is 1. The Labute approximate surface area is 157 Å². The fourth-order valence-corrected chi connectivity index (χ4v) is 2.49. The maximum atomic E-state index is 13.2.